The van der Waals surface area contributed by atoms with Crippen LogP contribution in [0.2, 0.25) is 0 Å². The number of nitrogens with zero attached hydrogens (tertiary/aromatic N) is 1. The van der Waals surface area contributed by atoms with Crippen molar-refractivity contribution in [3.05, 3.63) is 34.7 Å². The molecule has 78 valence electrons. The predicted octanol–water partition coefficient (Wildman–Crippen LogP) is 3.25. The van der Waals surface area contributed by atoms with E-state index in [0.29, 0.717) is 5.75 Å². The summed E-state index contributed by atoms with van der Waals surface area (Å²) < 4.78 is 5.17. The minimum atomic E-state index is 0.689. The summed E-state index contributed by atoms with van der Waals surface area (Å²) in [5.41, 5.74) is 2.07. The number of methoxy groups -OCH3 is 1. The van der Waals surface area contributed by atoms with Crippen molar-refractivity contribution in [1.29, 1.82) is 0 Å². The maximum atomic E-state index is 5.17. The van der Waals surface area contributed by atoms with Gasteiger partial charge in [0.2, 0.25) is 0 Å². The summed E-state index contributed by atoms with van der Waals surface area (Å²) >= 11 is 5.83. The Morgan fingerprint density at radius 2 is 2.33 bits per heavy atom. The van der Waals surface area contributed by atoms with Crippen LogP contribution in [-0.4, -0.2) is 12.1 Å². The van der Waals surface area contributed by atoms with Crippen molar-refractivity contribution in [3.8, 4) is 17.0 Å². The molecule has 2 aromatic rings. The van der Waals surface area contributed by atoms with Crippen molar-refractivity contribution in [2.45, 2.75) is 5.75 Å². The number of thiol groups is 1. The van der Waals surface area contributed by atoms with Gasteiger partial charge < -0.3 is 4.74 Å². The Bertz CT molecular complexity index is 453. The molecule has 0 aliphatic carbocycles. The first-order valence-electron chi connectivity index (χ1n) is 4.53. The molecule has 0 saturated heterocycles. The van der Waals surface area contributed by atoms with Crippen LogP contribution in [0.1, 0.15) is 5.01 Å². The lowest BCUT2D eigenvalue weighted by molar-refractivity contribution is 0.415. The normalized spacial score (nSPS) is 10.3. The molecule has 0 amide bonds. The van der Waals surface area contributed by atoms with Gasteiger partial charge in [-0.25, -0.2) is 4.98 Å². The highest BCUT2D eigenvalue weighted by Crippen LogP contribution is 2.25. The van der Waals surface area contributed by atoms with Crippen LogP contribution >= 0.6 is 24.0 Å². The van der Waals surface area contributed by atoms with Crippen molar-refractivity contribution in [3.63, 3.8) is 0 Å². The average Bonchev–Trinajstić information content (AvgIpc) is 2.78. The van der Waals surface area contributed by atoms with E-state index in [4.69, 9.17) is 4.74 Å². The summed E-state index contributed by atoms with van der Waals surface area (Å²) in [6.45, 7) is 0. The van der Waals surface area contributed by atoms with E-state index < -0.39 is 0 Å². The minimum Gasteiger partial charge on any atom is -0.497 e. The highest BCUT2D eigenvalue weighted by Gasteiger charge is 2.04. The van der Waals surface area contributed by atoms with Gasteiger partial charge in [-0.3, -0.25) is 0 Å². The van der Waals surface area contributed by atoms with Gasteiger partial charge >= 0.3 is 0 Å². The molecule has 2 nitrogen and oxygen atoms in total. The topological polar surface area (TPSA) is 22.1 Å². The maximum Gasteiger partial charge on any atom is 0.119 e. The lowest BCUT2D eigenvalue weighted by Gasteiger charge is -2.01. The molecule has 1 aromatic heterocycles. The number of rotatable bonds is 3. The fraction of sp³-hybridized carbons (Fsp3) is 0.182. The third-order valence-electron chi connectivity index (χ3n) is 2.05. The van der Waals surface area contributed by atoms with E-state index >= 15 is 0 Å². The van der Waals surface area contributed by atoms with Crippen molar-refractivity contribution >= 4 is 24.0 Å². The quantitative estimate of drug-likeness (QED) is 0.828. The molecule has 0 atom stereocenters. The van der Waals surface area contributed by atoms with Crippen molar-refractivity contribution in [2.75, 3.05) is 7.11 Å². The molecule has 2 rings (SSSR count). The number of hydrogen-bond acceptors (Lipinski definition) is 4. The van der Waals surface area contributed by atoms with Gasteiger partial charge in [-0.2, -0.15) is 12.6 Å². The molecule has 0 spiro atoms. The van der Waals surface area contributed by atoms with E-state index in [9.17, 15) is 0 Å². The summed E-state index contributed by atoms with van der Waals surface area (Å²) in [5.74, 6) is 1.54. The average molecular weight is 237 g/mol. The van der Waals surface area contributed by atoms with Gasteiger partial charge in [0.25, 0.3) is 0 Å². The van der Waals surface area contributed by atoms with Gasteiger partial charge in [0.1, 0.15) is 10.8 Å². The summed E-state index contributed by atoms with van der Waals surface area (Å²) in [5, 5.41) is 3.08. The Morgan fingerprint density at radius 1 is 1.47 bits per heavy atom. The second kappa shape index (κ2) is 4.68. The SMILES string of the molecule is COc1cccc(-c2csc(CS)n2)c1. The molecule has 0 aliphatic rings. The maximum absolute atomic E-state index is 5.17. The Labute approximate surface area is 98.3 Å². The lowest BCUT2D eigenvalue weighted by Crippen LogP contribution is -1.84. The fourth-order valence-electron chi connectivity index (χ4n) is 1.30. The molecule has 1 heterocycles. The van der Waals surface area contributed by atoms with Gasteiger partial charge in [-0.05, 0) is 12.1 Å². The summed E-state index contributed by atoms with van der Waals surface area (Å²) in [4.78, 5) is 4.46. The van der Waals surface area contributed by atoms with Gasteiger partial charge in [-0.15, -0.1) is 11.3 Å². The lowest BCUT2D eigenvalue weighted by atomic mass is 10.2. The van der Waals surface area contributed by atoms with E-state index in [1.54, 1.807) is 18.4 Å². The molecule has 0 N–H and O–H groups in total. The van der Waals surface area contributed by atoms with Crippen LogP contribution in [0.4, 0.5) is 0 Å². The van der Waals surface area contributed by atoms with E-state index in [-0.39, 0.29) is 0 Å². The molecule has 0 unspecified atom stereocenters. The molecular weight excluding hydrogens is 226 g/mol. The Morgan fingerprint density at radius 3 is 3.00 bits per heavy atom. The monoisotopic (exact) mass is 237 g/mol. The summed E-state index contributed by atoms with van der Waals surface area (Å²) in [7, 11) is 1.67. The molecule has 0 radical (unpaired) electrons. The highest BCUT2D eigenvalue weighted by atomic mass is 32.1. The number of thiazole rings is 1. The minimum absolute atomic E-state index is 0.689. The first kappa shape index (κ1) is 10.5. The van der Waals surface area contributed by atoms with Gasteiger partial charge in [0.15, 0.2) is 0 Å². The van der Waals surface area contributed by atoms with Gasteiger partial charge in [0.05, 0.1) is 12.8 Å². The predicted molar refractivity (Wildman–Crippen MR) is 66.8 cm³/mol. The molecule has 4 heteroatoms. The summed E-state index contributed by atoms with van der Waals surface area (Å²) in [6.07, 6.45) is 0. The van der Waals surface area contributed by atoms with Crippen LogP contribution in [0.5, 0.6) is 5.75 Å². The molecule has 15 heavy (non-hydrogen) atoms. The van der Waals surface area contributed by atoms with Gasteiger partial charge in [-0.1, -0.05) is 12.1 Å². The van der Waals surface area contributed by atoms with Crippen LogP contribution in [0, 0.1) is 0 Å². The Hall–Kier alpha value is -1.00. The number of aromatic nitrogens is 1. The van der Waals surface area contributed by atoms with Crippen LogP contribution in [-0.2, 0) is 5.75 Å². The number of benzene rings is 1. The van der Waals surface area contributed by atoms with E-state index in [1.807, 2.05) is 29.6 Å². The fourth-order valence-corrected chi connectivity index (χ4v) is 2.25. The molecule has 0 bridgehead atoms. The first-order chi connectivity index (χ1) is 7.33. The second-order valence-corrected chi connectivity index (χ2v) is 4.28. The molecular formula is C11H11NOS2. The van der Waals surface area contributed by atoms with E-state index in [1.165, 1.54) is 0 Å². The standard InChI is InChI=1S/C11H11NOS2/c1-13-9-4-2-3-8(5-9)10-7-15-11(6-14)12-10/h2-5,7,14H,6H2,1H3. The van der Waals surface area contributed by atoms with Crippen molar-refractivity contribution in [1.82, 2.24) is 4.98 Å². The molecule has 0 aliphatic heterocycles. The molecule has 0 saturated carbocycles. The Kier molecular flexibility index (Phi) is 3.28. The first-order valence-corrected chi connectivity index (χ1v) is 6.04. The zero-order chi connectivity index (χ0) is 10.7. The smallest absolute Gasteiger partial charge is 0.119 e. The third kappa shape index (κ3) is 2.33. The van der Waals surface area contributed by atoms with Crippen molar-refractivity contribution < 1.29 is 4.74 Å². The largest absolute Gasteiger partial charge is 0.497 e. The highest BCUT2D eigenvalue weighted by molar-refractivity contribution is 7.79. The van der Waals surface area contributed by atoms with Crippen LogP contribution in [0.3, 0.4) is 0 Å². The Balaban J connectivity index is 2.35. The van der Waals surface area contributed by atoms with Crippen molar-refractivity contribution in [2.24, 2.45) is 0 Å². The third-order valence-corrected chi connectivity index (χ3v) is 3.41. The van der Waals surface area contributed by atoms with E-state index in [0.717, 1.165) is 22.0 Å². The van der Waals surface area contributed by atoms with Gasteiger partial charge in [0, 0.05) is 16.7 Å². The van der Waals surface area contributed by atoms with Crippen LogP contribution in [0.15, 0.2) is 29.6 Å². The molecule has 0 fully saturated rings. The van der Waals surface area contributed by atoms with Crippen LogP contribution in [0.25, 0.3) is 11.3 Å². The van der Waals surface area contributed by atoms with Crippen LogP contribution < -0.4 is 4.74 Å². The number of hydrogen-bond donors (Lipinski definition) is 1. The zero-order valence-electron chi connectivity index (χ0n) is 8.30. The second-order valence-electron chi connectivity index (χ2n) is 3.02. The summed E-state index contributed by atoms with van der Waals surface area (Å²) in [6, 6.07) is 7.90. The van der Waals surface area contributed by atoms with E-state index in [2.05, 4.69) is 17.6 Å². The number of ether oxygens (including phenoxy) is 1. The zero-order valence-corrected chi connectivity index (χ0v) is 10.0. The molecule has 1 aromatic carbocycles.